The molecule has 3 N–H and O–H groups in total. The van der Waals surface area contributed by atoms with Crippen LogP contribution in [0.1, 0.15) is 38.7 Å². The summed E-state index contributed by atoms with van der Waals surface area (Å²) in [7, 11) is 0. The Morgan fingerprint density at radius 2 is 1.90 bits per heavy atom. The number of carbonyl (C=O) groups is 2. The highest BCUT2D eigenvalue weighted by Crippen LogP contribution is 2.20. The summed E-state index contributed by atoms with van der Waals surface area (Å²) in [6.45, 7) is 4.14. The quantitative estimate of drug-likeness (QED) is 0.252. The molecule has 1 heterocycles. The van der Waals surface area contributed by atoms with Gasteiger partial charge < -0.3 is 15.5 Å². The molecule has 0 radical (unpaired) electrons. The van der Waals surface area contributed by atoms with Crippen LogP contribution in [0.2, 0.25) is 0 Å². The Labute approximate surface area is 172 Å². The highest BCUT2D eigenvalue weighted by Gasteiger charge is 2.37. The first-order valence-corrected chi connectivity index (χ1v) is 9.93. The summed E-state index contributed by atoms with van der Waals surface area (Å²) in [6, 6.07) is 5.76. The van der Waals surface area contributed by atoms with Crippen molar-refractivity contribution >= 4 is 11.7 Å². The molecule has 0 saturated carbocycles. The van der Waals surface area contributed by atoms with Gasteiger partial charge in [0.1, 0.15) is 17.1 Å². The van der Waals surface area contributed by atoms with Crippen LogP contribution in [-0.4, -0.2) is 27.9 Å². The van der Waals surface area contributed by atoms with Crippen molar-refractivity contribution in [3.05, 3.63) is 77.6 Å². The number of hydrogen-bond donors (Lipinski definition) is 3. The second kappa shape index (κ2) is 11.1. The number of aliphatic hydroxyl groups is 1. The molecule has 5 nitrogen and oxygen atoms in total. The van der Waals surface area contributed by atoms with Gasteiger partial charge in [0.25, 0.3) is 5.91 Å². The molecule has 2 rings (SSSR count). The van der Waals surface area contributed by atoms with E-state index in [2.05, 4.69) is 18.3 Å². The van der Waals surface area contributed by atoms with Crippen LogP contribution in [-0.2, 0) is 16.0 Å². The van der Waals surface area contributed by atoms with E-state index in [0.717, 1.165) is 24.8 Å². The Balaban J connectivity index is 1.91. The van der Waals surface area contributed by atoms with Crippen molar-refractivity contribution in [1.82, 2.24) is 5.32 Å². The van der Waals surface area contributed by atoms with E-state index in [9.17, 15) is 19.8 Å². The molecule has 0 aromatic heterocycles. The first-order valence-electron chi connectivity index (χ1n) is 9.93. The number of allylic oxidation sites excluding steroid dienone is 6. The molecular formula is C24H29NO4. The minimum absolute atomic E-state index is 0.141. The predicted molar refractivity (Wildman–Crippen MR) is 115 cm³/mol. The van der Waals surface area contributed by atoms with Crippen LogP contribution in [0.25, 0.3) is 0 Å². The van der Waals surface area contributed by atoms with Crippen LogP contribution in [0, 0.1) is 5.92 Å². The number of aliphatic hydroxyl groups excluding tert-OH is 1. The average Bonchev–Trinajstić information content (AvgIpc) is 2.97. The summed E-state index contributed by atoms with van der Waals surface area (Å²) in [5, 5.41) is 22.2. The molecule has 1 aliphatic rings. The largest absolute Gasteiger partial charge is 0.508 e. The van der Waals surface area contributed by atoms with Crippen molar-refractivity contribution in [3.8, 4) is 5.75 Å². The molecule has 1 aromatic carbocycles. The van der Waals surface area contributed by atoms with E-state index in [1.807, 2.05) is 25.2 Å². The maximum absolute atomic E-state index is 12.5. The van der Waals surface area contributed by atoms with Crippen LogP contribution in [0.3, 0.4) is 0 Å². The molecule has 29 heavy (non-hydrogen) atoms. The van der Waals surface area contributed by atoms with Crippen LogP contribution >= 0.6 is 0 Å². The summed E-state index contributed by atoms with van der Waals surface area (Å²) < 4.78 is 0. The molecule has 0 spiro atoms. The Morgan fingerprint density at radius 1 is 1.17 bits per heavy atom. The zero-order valence-corrected chi connectivity index (χ0v) is 17.0. The van der Waals surface area contributed by atoms with E-state index in [0.29, 0.717) is 12.3 Å². The number of carbonyl (C=O) groups excluding carboxylic acids is 2. The molecule has 5 heteroatoms. The number of phenols is 1. The number of rotatable bonds is 9. The number of amides is 1. The zero-order valence-electron chi connectivity index (χ0n) is 17.0. The fourth-order valence-corrected chi connectivity index (χ4v) is 3.11. The standard InChI is InChI=1S/C24H29NO4/c1-3-4-5-6-9-17(2)10-7-8-11-21(27)22-23(28)20(25-24(22)29)16-18-12-14-19(26)15-13-18/h3-6,8,11-15,17,20,26-27H,7,9-10,16H2,1-2H3,(H,25,29)/b4-3+,6-5+,11-8+,22-21+/t17-,20?/m0/s1. The van der Waals surface area contributed by atoms with E-state index in [4.69, 9.17) is 0 Å². The molecule has 2 atom stereocenters. The number of ketones is 1. The van der Waals surface area contributed by atoms with Gasteiger partial charge in [0.05, 0.1) is 6.04 Å². The maximum atomic E-state index is 12.5. The molecule has 1 unspecified atom stereocenters. The third-order valence-electron chi connectivity index (χ3n) is 4.81. The van der Waals surface area contributed by atoms with Crippen molar-refractivity contribution in [2.24, 2.45) is 5.92 Å². The molecule has 154 valence electrons. The van der Waals surface area contributed by atoms with Crippen molar-refractivity contribution < 1.29 is 19.8 Å². The summed E-state index contributed by atoms with van der Waals surface area (Å²) in [5.74, 6) is -0.610. The molecule has 1 aromatic rings. The van der Waals surface area contributed by atoms with Gasteiger partial charge in [-0.25, -0.2) is 0 Å². The van der Waals surface area contributed by atoms with Crippen molar-refractivity contribution in [3.63, 3.8) is 0 Å². The summed E-state index contributed by atoms with van der Waals surface area (Å²) in [4.78, 5) is 24.7. The smallest absolute Gasteiger partial charge is 0.259 e. The van der Waals surface area contributed by atoms with Gasteiger partial charge in [0.2, 0.25) is 0 Å². The minimum atomic E-state index is -0.707. The molecule has 0 aliphatic carbocycles. The van der Waals surface area contributed by atoms with Gasteiger partial charge in [0, 0.05) is 6.42 Å². The van der Waals surface area contributed by atoms with Crippen molar-refractivity contribution in [2.75, 3.05) is 0 Å². The lowest BCUT2D eigenvalue weighted by Crippen LogP contribution is -2.31. The number of hydrogen-bond acceptors (Lipinski definition) is 4. The molecule has 1 saturated heterocycles. The maximum Gasteiger partial charge on any atom is 0.259 e. The van der Waals surface area contributed by atoms with Gasteiger partial charge in [0.15, 0.2) is 5.78 Å². The van der Waals surface area contributed by atoms with Crippen LogP contribution < -0.4 is 5.32 Å². The van der Waals surface area contributed by atoms with E-state index in [-0.39, 0.29) is 17.1 Å². The fourth-order valence-electron chi connectivity index (χ4n) is 3.11. The van der Waals surface area contributed by atoms with Gasteiger partial charge in [-0.05, 0) is 55.9 Å². The van der Waals surface area contributed by atoms with Gasteiger partial charge >= 0.3 is 0 Å². The Kier molecular flexibility index (Phi) is 8.46. The zero-order chi connectivity index (χ0) is 21.2. The number of aromatic hydroxyl groups is 1. The number of benzene rings is 1. The average molecular weight is 395 g/mol. The Hall–Kier alpha value is -3.08. The highest BCUT2D eigenvalue weighted by molar-refractivity contribution is 6.27. The number of phenolic OH excluding ortho intramolecular Hbond substituents is 1. The lowest BCUT2D eigenvalue weighted by atomic mass is 10.00. The SMILES string of the molecule is C/C=C/C=C/C[C@H](C)CC/C=C/C(O)=C1\C(=O)NC(Cc2ccc(O)cc2)C1=O. The first-order chi connectivity index (χ1) is 13.9. The third-order valence-corrected chi connectivity index (χ3v) is 4.81. The molecule has 0 bridgehead atoms. The van der Waals surface area contributed by atoms with E-state index >= 15 is 0 Å². The molecule has 1 amide bonds. The van der Waals surface area contributed by atoms with Gasteiger partial charge in [-0.3, -0.25) is 9.59 Å². The monoisotopic (exact) mass is 395 g/mol. The topological polar surface area (TPSA) is 86.6 Å². The van der Waals surface area contributed by atoms with Gasteiger partial charge in [-0.1, -0.05) is 49.4 Å². The van der Waals surface area contributed by atoms with E-state index in [1.165, 1.54) is 18.2 Å². The van der Waals surface area contributed by atoms with Gasteiger partial charge in [-0.2, -0.15) is 0 Å². The first kappa shape index (κ1) is 22.2. The molecular weight excluding hydrogens is 366 g/mol. The number of Topliss-reactive ketones (excluding diaryl/α,β-unsaturated/α-hetero) is 1. The highest BCUT2D eigenvalue weighted by atomic mass is 16.3. The second-order valence-electron chi connectivity index (χ2n) is 7.30. The molecule has 1 fully saturated rings. The van der Waals surface area contributed by atoms with Gasteiger partial charge in [-0.15, -0.1) is 0 Å². The Morgan fingerprint density at radius 3 is 2.59 bits per heavy atom. The summed E-state index contributed by atoms with van der Waals surface area (Å²) in [5.41, 5.74) is 0.627. The van der Waals surface area contributed by atoms with Crippen molar-refractivity contribution in [2.45, 2.75) is 45.6 Å². The van der Waals surface area contributed by atoms with E-state index in [1.54, 1.807) is 18.2 Å². The lowest BCUT2D eigenvalue weighted by Gasteiger charge is -2.08. The minimum Gasteiger partial charge on any atom is -0.508 e. The predicted octanol–water partition coefficient (Wildman–Crippen LogP) is 4.31. The summed E-state index contributed by atoms with van der Waals surface area (Å²) >= 11 is 0. The lowest BCUT2D eigenvalue weighted by molar-refractivity contribution is -0.117. The summed E-state index contributed by atoms with van der Waals surface area (Å²) in [6.07, 6.45) is 14.4. The third kappa shape index (κ3) is 6.79. The van der Waals surface area contributed by atoms with Crippen LogP contribution in [0.5, 0.6) is 5.75 Å². The Bertz CT molecular complexity index is 831. The van der Waals surface area contributed by atoms with E-state index < -0.39 is 17.7 Å². The normalized spacial score (nSPS) is 20.1. The van der Waals surface area contributed by atoms with Crippen molar-refractivity contribution in [1.29, 1.82) is 0 Å². The molecule has 1 aliphatic heterocycles. The fraction of sp³-hybridized carbons (Fsp3) is 0.333. The van der Waals surface area contributed by atoms with Crippen LogP contribution in [0.15, 0.2) is 72.1 Å². The van der Waals surface area contributed by atoms with Crippen LogP contribution in [0.4, 0.5) is 0 Å². The second-order valence-corrected chi connectivity index (χ2v) is 7.30. The number of nitrogens with one attached hydrogen (secondary N) is 1.